The maximum atomic E-state index is 5.65. The fourth-order valence-electron chi connectivity index (χ4n) is 1.43. The number of rotatable bonds is 4. The van der Waals surface area contributed by atoms with Crippen LogP contribution >= 0.6 is 15.9 Å². The van der Waals surface area contributed by atoms with E-state index in [-0.39, 0.29) is 0 Å². The molecule has 0 N–H and O–H groups in total. The van der Waals surface area contributed by atoms with Crippen molar-refractivity contribution in [1.29, 1.82) is 0 Å². The Morgan fingerprint density at radius 3 is 2.76 bits per heavy atom. The summed E-state index contributed by atoms with van der Waals surface area (Å²) in [4.78, 5) is 4.21. The van der Waals surface area contributed by atoms with Crippen molar-refractivity contribution in [2.45, 2.75) is 6.61 Å². The lowest BCUT2D eigenvalue weighted by Gasteiger charge is -2.06. The number of aromatic nitrogens is 1. The van der Waals surface area contributed by atoms with Crippen molar-refractivity contribution in [1.82, 2.24) is 4.98 Å². The summed E-state index contributed by atoms with van der Waals surface area (Å²) < 4.78 is 11.5. The SMILES string of the molecule is COCc1cccc(Oc2cccc(Br)n2)c1. The highest BCUT2D eigenvalue weighted by Crippen LogP contribution is 2.22. The fourth-order valence-corrected chi connectivity index (χ4v) is 1.76. The molecule has 1 aromatic carbocycles. The highest BCUT2D eigenvalue weighted by Gasteiger charge is 2.00. The molecule has 0 atom stereocenters. The lowest BCUT2D eigenvalue weighted by molar-refractivity contribution is 0.184. The monoisotopic (exact) mass is 293 g/mol. The first kappa shape index (κ1) is 12.1. The van der Waals surface area contributed by atoms with E-state index >= 15 is 0 Å². The van der Waals surface area contributed by atoms with Gasteiger partial charge < -0.3 is 9.47 Å². The molecule has 3 nitrogen and oxygen atoms in total. The molecule has 2 aromatic rings. The third kappa shape index (κ3) is 3.54. The first-order chi connectivity index (χ1) is 8.28. The Hall–Kier alpha value is -1.39. The number of methoxy groups -OCH3 is 1. The number of hydrogen-bond acceptors (Lipinski definition) is 3. The van der Waals surface area contributed by atoms with Crippen LogP contribution in [0.25, 0.3) is 0 Å². The molecular formula is C13H12BrNO2. The molecule has 88 valence electrons. The molecule has 1 heterocycles. The van der Waals surface area contributed by atoms with Gasteiger partial charge in [-0.3, -0.25) is 0 Å². The van der Waals surface area contributed by atoms with Crippen LogP contribution in [0.2, 0.25) is 0 Å². The van der Waals surface area contributed by atoms with Gasteiger partial charge in [0.15, 0.2) is 0 Å². The molecule has 2 rings (SSSR count). The average molecular weight is 294 g/mol. The smallest absolute Gasteiger partial charge is 0.220 e. The van der Waals surface area contributed by atoms with E-state index in [0.717, 1.165) is 15.9 Å². The molecule has 17 heavy (non-hydrogen) atoms. The third-order valence-corrected chi connectivity index (χ3v) is 2.56. The first-order valence-electron chi connectivity index (χ1n) is 5.16. The summed E-state index contributed by atoms with van der Waals surface area (Å²) in [7, 11) is 1.67. The maximum absolute atomic E-state index is 5.65. The van der Waals surface area contributed by atoms with E-state index in [0.29, 0.717) is 12.5 Å². The van der Waals surface area contributed by atoms with E-state index in [9.17, 15) is 0 Å². The fraction of sp³-hybridized carbons (Fsp3) is 0.154. The molecule has 0 bridgehead atoms. The second-order valence-corrected chi connectivity index (χ2v) is 4.29. The van der Waals surface area contributed by atoms with Gasteiger partial charge in [-0.1, -0.05) is 18.2 Å². The topological polar surface area (TPSA) is 31.4 Å². The zero-order valence-corrected chi connectivity index (χ0v) is 11.0. The average Bonchev–Trinajstić information content (AvgIpc) is 2.30. The van der Waals surface area contributed by atoms with Gasteiger partial charge in [0.05, 0.1) is 6.61 Å². The van der Waals surface area contributed by atoms with Crippen molar-refractivity contribution in [3.8, 4) is 11.6 Å². The number of nitrogens with zero attached hydrogens (tertiary/aromatic N) is 1. The van der Waals surface area contributed by atoms with Crippen LogP contribution in [0, 0.1) is 0 Å². The van der Waals surface area contributed by atoms with Crippen molar-refractivity contribution in [2.24, 2.45) is 0 Å². The quantitative estimate of drug-likeness (QED) is 0.804. The Morgan fingerprint density at radius 2 is 2.00 bits per heavy atom. The predicted molar refractivity (Wildman–Crippen MR) is 69.2 cm³/mol. The normalized spacial score (nSPS) is 10.2. The molecule has 0 saturated heterocycles. The highest BCUT2D eigenvalue weighted by molar-refractivity contribution is 9.10. The predicted octanol–water partition coefficient (Wildman–Crippen LogP) is 3.78. The highest BCUT2D eigenvalue weighted by atomic mass is 79.9. The second-order valence-electron chi connectivity index (χ2n) is 3.48. The van der Waals surface area contributed by atoms with Crippen molar-refractivity contribution in [2.75, 3.05) is 7.11 Å². The second kappa shape index (κ2) is 5.80. The van der Waals surface area contributed by atoms with E-state index in [1.165, 1.54) is 0 Å². The molecule has 0 saturated carbocycles. The van der Waals surface area contributed by atoms with E-state index in [1.54, 1.807) is 7.11 Å². The van der Waals surface area contributed by atoms with Gasteiger partial charge in [-0.05, 0) is 39.7 Å². The van der Waals surface area contributed by atoms with Gasteiger partial charge in [0.25, 0.3) is 0 Å². The van der Waals surface area contributed by atoms with Gasteiger partial charge in [-0.15, -0.1) is 0 Å². The number of pyridine rings is 1. The molecule has 0 fully saturated rings. The van der Waals surface area contributed by atoms with Crippen LogP contribution in [-0.4, -0.2) is 12.1 Å². The third-order valence-electron chi connectivity index (χ3n) is 2.12. The number of ether oxygens (including phenoxy) is 2. The van der Waals surface area contributed by atoms with Crippen molar-refractivity contribution in [3.63, 3.8) is 0 Å². The number of benzene rings is 1. The summed E-state index contributed by atoms with van der Waals surface area (Å²) in [5.74, 6) is 1.32. The minimum absolute atomic E-state index is 0.564. The molecule has 0 radical (unpaired) electrons. The maximum Gasteiger partial charge on any atom is 0.220 e. The van der Waals surface area contributed by atoms with Crippen LogP contribution in [0.5, 0.6) is 11.6 Å². The van der Waals surface area contributed by atoms with Crippen molar-refractivity contribution in [3.05, 3.63) is 52.6 Å². The summed E-state index contributed by atoms with van der Waals surface area (Å²) in [5, 5.41) is 0. The molecule has 0 aliphatic carbocycles. The van der Waals surface area contributed by atoms with Gasteiger partial charge in [-0.25, -0.2) is 4.98 Å². The van der Waals surface area contributed by atoms with Gasteiger partial charge >= 0.3 is 0 Å². The van der Waals surface area contributed by atoms with Gasteiger partial charge in [0.2, 0.25) is 5.88 Å². The Balaban J connectivity index is 2.15. The molecule has 4 heteroatoms. The van der Waals surface area contributed by atoms with Crippen LogP contribution in [0.15, 0.2) is 47.1 Å². The largest absolute Gasteiger partial charge is 0.439 e. The van der Waals surface area contributed by atoms with Crippen molar-refractivity contribution < 1.29 is 9.47 Å². The first-order valence-corrected chi connectivity index (χ1v) is 5.95. The lowest BCUT2D eigenvalue weighted by Crippen LogP contribution is -1.91. The molecule has 0 unspecified atom stereocenters. The van der Waals surface area contributed by atoms with E-state index < -0.39 is 0 Å². The standard InChI is InChI=1S/C13H12BrNO2/c1-16-9-10-4-2-5-11(8-10)17-13-7-3-6-12(14)15-13/h2-8H,9H2,1H3. The summed E-state index contributed by atoms with van der Waals surface area (Å²) in [6, 6.07) is 13.3. The Morgan fingerprint density at radius 1 is 1.18 bits per heavy atom. The minimum atomic E-state index is 0.564. The van der Waals surface area contributed by atoms with Crippen LogP contribution in [0.1, 0.15) is 5.56 Å². The number of halogens is 1. The summed E-state index contributed by atoms with van der Waals surface area (Å²) >= 11 is 3.30. The molecule has 0 aliphatic heterocycles. The lowest BCUT2D eigenvalue weighted by atomic mass is 10.2. The van der Waals surface area contributed by atoms with Gasteiger partial charge in [-0.2, -0.15) is 0 Å². The van der Waals surface area contributed by atoms with E-state index in [1.807, 2.05) is 42.5 Å². The molecule has 0 aliphatic rings. The zero-order valence-electron chi connectivity index (χ0n) is 9.39. The Kier molecular flexibility index (Phi) is 4.12. The van der Waals surface area contributed by atoms with Gasteiger partial charge in [0, 0.05) is 13.2 Å². The minimum Gasteiger partial charge on any atom is -0.439 e. The van der Waals surface area contributed by atoms with Crippen LogP contribution < -0.4 is 4.74 Å². The molecule has 0 spiro atoms. The summed E-state index contributed by atoms with van der Waals surface area (Å²) in [6.07, 6.45) is 0. The van der Waals surface area contributed by atoms with Crippen LogP contribution in [0.3, 0.4) is 0 Å². The Labute approximate surface area is 109 Å². The van der Waals surface area contributed by atoms with E-state index in [4.69, 9.17) is 9.47 Å². The van der Waals surface area contributed by atoms with E-state index in [2.05, 4.69) is 20.9 Å². The molecular weight excluding hydrogens is 282 g/mol. The van der Waals surface area contributed by atoms with Crippen LogP contribution in [0.4, 0.5) is 0 Å². The summed E-state index contributed by atoms with van der Waals surface area (Å²) in [5.41, 5.74) is 1.07. The zero-order chi connectivity index (χ0) is 12.1. The molecule has 0 amide bonds. The van der Waals surface area contributed by atoms with Gasteiger partial charge in [0.1, 0.15) is 10.4 Å². The van der Waals surface area contributed by atoms with Crippen molar-refractivity contribution >= 4 is 15.9 Å². The number of hydrogen-bond donors (Lipinski definition) is 0. The van der Waals surface area contributed by atoms with Crippen LogP contribution in [-0.2, 0) is 11.3 Å². The summed E-state index contributed by atoms with van der Waals surface area (Å²) in [6.45, 7) is 0.573. The Bertz CT molecular complexity index is 502. The molecule has 1 aromatic heterocycles.